The number of nitrogens with zero attached hydrogens (tertiary/aromatic N) is 2. The molecule has 0 radical (unpaired) electrons. The molecule has 0 atom stereocenters. The van der Waals surface area contributed by atoms with E-state index in [4.69, 9.17) is 4.43 Å². The smallest absolute Gasteiger partial charge is 0.238 e. The molecule has 1 aliphatic carbocycles. The Labute approximate surface area is 231 Å². The molecule has 1 aliphatic rings. The van der Waals surface area contributed by atoms with Crippen molar-refractivity contribution in [3.8, 4) is 0 Å². The number of imidazole rings is 1. The maximum absolute atomic E-state index is 15.7. The molecule has 7 nitrogen and oxygen atoms in total. The summed E-state index contributed by atoms with van der Waals surface area (Å²) in [5, 5.41) is 2.78. The number of halogens is 3. The number of hydrogen-bond donors (Lipinski definition) is 2. The van der Waals surface area contributed by atoms with E-state index in [-0.39, 0.29) is 27.6 Å². The number of rotatable bonds is 9. The molecule has 0 aliphatic heterocycles. The van der Waals surface area contributed by atoms with Crippen LogP contribution in [0.3, 0.4) is 0 Å². The van der Waals surface area contributed by atoms with E-state index < -0.39 is 34.7 Å². The number of aromatic nitrogens is 2. The molecule has 0 bridgehead atoms. The van der Waals surface area contributed by atoms with Gasteiger partial charge in [-0.2, -0.15) is 0 Å². The molecule has 0 amide bonds. The van der Waals surface area contributed by atoms with Gasteiger partial charge in [-0.05, 0) is 84.3 Å². The van der Waals surface area contributed by atoms with Crippen LogP contribution in [0.25, 0.3) is 11.0 Å². The van der Waals surface area contributed by atoms with Crippen molar-refractivity contribution in [3.05, 3.63) is 45.8 Å². The van der Waals surface area contributed by atoms with E-state index in [9.17, 15) is 12.8 Å². The highest BCUT2D eigenvalue weighted by atomic mass is 127. The van der Waals surface area contributed by atoms with Crippen molar-refractivity contribution < 1.29 is 21.6 Å². The lowest BCUT2D eigenvalue weighted by atomic mass is 10.2. The number of hydrogen-bond acceptors (Lipinski definition) is 5. The molecule has 1 fully saturated rings. The van der Waals surface area contributed by atoms with Crippen LogP contribution in [0.15, 0.2) is 30.6 Å². The lowest BCUT2D eigenvalue weighted by Gasteiger charge is -2.36. The molecule has 12 heteroatoms. The topological polar surface area (TPSA) is 85.3 Å². The van der Waals surface area contributed by atoms with Crippen LogP contribution < -0.4 is 10.0 Å². The fourth-order valence-corrected chi connectivity index (χ4v) is 7.06. The Hall–Kier alpha value is -1.77. The molecule has 202 valence electrons. The molecule has 37 heavy (non-hydrogen) atoms. The number of nitrogens with one attached hydrogen (secondary N) is 2. The lowest BCUT2D eigenvalue weighted by molar-refractivity contribution is 0.277. The van der Waals surface area contributed by atoms with Gasteiger partial charge in [-0.3, -0.25) is 4.72 Å². The summed E-state index contributed by atoms with van der Waals surface area (Å²) in [7, 11) is -4.25. The third kappa shape index (κ3) is 5.52. The van der Waals surface area contributed by atoms with Gasteiger partial charge in [0.05, 0.1) is 28.0 Å². The second kappa shape index (κ2) is 9.76. The number of anilines is 3. The van der Waals surface area contributed by atoms with Crippen molar-refractivity contribution in [3.63, 3.8) is 0 Å². The highest BCUT2D eigenvalue weighted by molar-refractivity contribution is 14.1. The molecule has 4 rings (SSSR count). The van der Waals surface area contributed by atoms with E-state index in [1.807, 2.05) is 22.6 Å². The highest BCUT2D eigenvalue weighted by Gasteiger charge is 2.54. The van der Waals surface area contributed by atoms with Crippen LogP contribution >= 0.6 is 22.6 Å². The SMILES string of the molecule is Cn1cnc2c(F)c(Nc3ccc(I)cc3F)c(NS(=O)(=O)C3(CCO[Si](C)(C)C(C)(C)C)CC3)cc21. The first-order chi connectivity index (χ1) is 17.1. The van der Waals surface area contributed by atoms with Crippen molar-refractivity contribution in [1.82, 2.24) is 9.55 Å². The van der Waals surface area contributed by atoms with E-state index >= 15 is 4.39 Å². The van der Waals surface area contributed by atoms with Gasteiger partial charge in [0.2, 0.25) is 10.0 Å². The van der Waals surface area contributed by atoms with Gasteiger partial charge in [-0.25, -0.2) is 22.2 Å². The van der Waals surface area contributed by atoms with Crippen LogP contribution in [-0.2, 0) is 21.5 Å². The quantitative estimate of drug-likeness (QED) is 0.193. The lowest BCUT2D eigenvalue weighted by Crippen LogP contribution is -2.42. The molecule has 1 heterocycles. The summed E-state index contributed by atoms with van der Waals surface area (Å²) in [5.41, 5.74) is 0.322. The zero-order chi connectivity index (χ0) is 27.4. The third-order valence-electron chi connectivity index (χ3n) is 7.60. The van der Waals surface area contributed by atoms with Gasteiger partial charge in [0.25, 0.3) is 0 Å². The van der Waals surface area contributed by atoms with E-state index in [1.54, 1.807) is 17.7 Å². The maximum atomic E-state index is 15.7. The predicted octanol–water partition coefficient (Wildman–Crippen LogP) is 6.89. The van der Waals surface area contributed by atoms with Gasteiger partial charge in [0.15, 0.2) is 14.1 Å². The molecule has 1 aromatic heterocycles. The van der Waals surface area contributed by atoms with Gasteiger partial charge >= 0.3 is 0 Å². The summed E-state index contributed by atoms with van der Waals surface area (Å²) in [5.74, 6) is -1.34. The molecule has 3 aromatic rings. The van der Waals surface area contributed by atoms with E-state index in [1.165, 1.54) is 24.5 Å². The molecule has 2 N–H and O–H groups in total. The molecule has 1 saturated carbocycles. The first kappa shape index (κ1) is 28.2. The highest BCUT2D eigenvalue weighted by Crippen LogP contribution is 2.48. The maximum Gasteiger partial charge on any atom is 0.238 e. The van der Waals surface area contributed by atoms with Crippen molar-refractivity contribution >= 4 is 69.0 Å². The zero-order valence-corrected chi connectivity index (χ0v) is 25.9. The van der Waals surface area contributed by atoms with Crippen LogP contribution in [0.2, 0.25) is 18.1 Å². The van der Waals surface area contributed by atoms with E-state index in [0.29, 0.717) is 35.0 Å². The van der Waals surface area contributed by atoms with Crippen LogP contribution in [0.4, 0.5) is 25.8 Å². The molecule has 2 aromatic carbocycles. The summed E-state index contributed by atoms with van der Waals surface area (Å²) >= 11 is 1.98. The van der Waals surface area contributed by atoms with Gasteiger partial charge in [0, 0.05) is 17.2 Å². The van der Waals surface area contributed by atoms with E-state index in [0.717, 1.165) is 0 Å². The first-order valence-electron chi connectivity index (χ1n) is 12.1. The Kier molecular flexibility index (Phi) is 7.45. The normalized spacial score (nSPS) is 15.7. The molecular weight excluding hydrogens is 629 g/mol. The minimum atomic E-state index is -3.91. The second-order valence-corrected chi connectivity index (χ2v) is 19.4. The Morgan fingerprint density at radius 2 is 1.86 bits per heavy atom. The second-order valence-electron chi connectivity index (χ2n) is 11.2. The predicted molar refractivity (Wildman–Crippen MR) is 155 cm³/mol. The molecular formula is C25H33F2IN4O3SSi. The summed E-state index contributed by atoms with van der Waals surface area (Å²) in [4.78, 5) is 4.10. The van der Waals surface area contributed by atoms with Gasteiger partial charge < -0.3 is 14.3 Å². The van der Waals surface area contributed by atoms with Gasteiger partial charge in [-0.15, -0.1) is 0 Å². The summed E-state index contributed by atoms with van der Waals surface area (Å²) in [6.07, 6.45) is 2.78. The van der Waals surface area contributed by atoms with E-state index in [2.05, 4.69) is 48.9 Å². The third-order valence-corrected chi connectivity index (χ3v) is 15.1. The minimum absolute atomic E-state index is 0.00291. The fourth-order valence-electron chi connectivity index (χ4n) is 3.91. The van der Waals surface area contributed by atoms with Gasteiger partial charge in [-0.1, -0.05) is 20.8 Å². The van der Waals surface area contributed by atoms with Crippen molar-refractivity contribution in [2.75, 3.05) is 16.6 Å². The Bertz CT molecular complexity index is 1450. The van der Waals surface area contributed by atoms with Crippen molar-refractivity contribution in [2.45, 2.75) is 62.9 Å². The molecule has 0 saturated heterocycles. The van der Waals surface area contributed by atoms with Crippen molar-refractivity contribution in [1.29, 1.82) is 0 Å². The van der Waals surface area contributed by atoms with Crippen molar-refractivity contribution in [2.24, 2.45) is 7.05 Å². The summed E-state index contributed by atoms with van der Waals surface area (Å²) in [6.45, 7) is 11.0. The molecule has 0 spiro atoms. The largest absolute Gasteiger partial charge is 0.417 e. The average Bonchev–Trinajstić information content (AvgIpc) is 3.49. The van der Waals surface area contributed by atoms with Gasteiger partial charge in [0.1, 0.15) is 17.0 Å². The Morgan fingerprint density at radius 1 is 1.19 bits per heavy atom. The minimum Gasteiger partial charge on any atom is -0.417 e. The first-order valence-corrected chi connectivity index (χ1v) is 17.6. The number of fused-ring (bicyclic) bond motifs is 1. The fraction of sp³-hybridized carbons (Fsp3) is 0.480. The summed E-state index contributed by atoms with van der Waals surface area (Å²) in [6, 6.07) is 6.00. The zero-order valence-electron chi connectivity index (χ0n) is 21.9. The Morgan fingerprint density at radius 3 is 2.46 bits per heavy atom. The number of aryl methyl sites for hydroxylation is 1. The van der Waals surface area contributed by atoms with Crippen LogP contribution in [-0.4, -0.2) is 37.6 Å². The number of benzene rings is 2. The number of sulfonamides is 1. The Balaban J connectivity index is 1.65. The molecule has 0 unspecified atom stereocenters. The van der Waals surface area contributed by atoms with Crippen LogP contribution in [0.5, 0.6) is 0 Å². The standard InChI is InChI=1S/C25H33F2IN4O3SSi/c1-24(2,3)37(5,6)35-12-11-25(9-10-25)36(33,34)31-19-14-20-23(29-15-32(20)4)21(27)22(19)30-18-8-7-16(28)13-17(18)26/h7-8,13-15,30-31H,9-12H2,1-6H3. The van der Waals surface area contributed by atoms with Crippen LogP contribution in [0.1, 0.15) is 40.0 Å². The summed E-state index contributed by atoms with van der Waals surface area (Å²) < 4.78 is 67.7. The van der Waals surface area contributed by atoms with Crippen LogP contribution in [0, 0.1) is 15.2 Å². The monoisotopic (exact) mass is 662 g/mol. The average molecular weight is 663 g/mol.